The van der Waals surface area contributed by atoms with Gasteiger partial charge in [0.15, 0.2) is 0 Å². The third-order valence-electron chi connectivity index (χ3n) is 4.31. The van der Waals surface area contributed by atoms with E-state index in [1.165, 1.54) is 11.1 Å². The number of nitrogens with zero attached hydrogens (tertiary/aromatic N) is 2. The Hall–Kier alpha value is -3.28. The number of benzene rings is 2. The van der Waals surface area contributed by atoms with Crippen LogP contribution in [0.4, 0.5) is 17.3 Å². The summed E-state index contributed by atoms with van der Waals surface area (Å²) in [5.74, 6) is 3.85. The summed E-state index contributed by atoms with van der Waals surface area (Å²) in [6, 6.07) is 15.7. The van der Waals surface area contributed by atoms with Gasteiger partial charge in [0.25, 0.3) is 0 Å². The number of hydrogen-bond donors (Lipinski definition) is 2. The van der Waals surface area contributed by atoms with Gasteiger partial charge in [-0.1, -0.05) is 18.2 Å². The molecule has 3 rings (SSSR count). The molecule has 2 N–H and O–H groups in total. The largest absolute Gasteiger partial charge is 0.497 e. The summed E-state index contributed by atoms with van der Waals surface area (Å²) in [4.78, 5) is 8.95. The molecule has 3 aromatic rings. The third-order valence-corrected chi connectivity index (χ3v) is 4.31. The van der Waals surface area contributed by atoms with E-state index in [1.807, 2.05) is 37.3 Å². The highest BCUT2D eigenvalue weighted by molar-refractivity contribution is 5.65. The van der Waals surface area contributed by atoms with E-state index >= 15 is 0 Å². The quantitative estimate of drug-likeness (QED) is 0.556. The molecule has 0 unspecified atom stereocenters. The summed E-state index contributed by atoms with van der Waals surface area (Å²) >= 11 is 0. The average molecular weight is 378 g/mol. The van der Waals surface area contributed by atoms with Gasteiger partial charge in [-0.25, -0.2) is 9.97 Å². The van der Waals surface area contributed by atoms with Crippen LogP contribution in [0.5, 0.6) is 11.5 Å². The maximum atomic E-state index is 5.74. The fourth-order valence-corrected chi connectivity index (χ4v) is 2.88. The van der Waals surface area contributed by atoms with Crippen LogP contribution >= 0.6 is 0 Å². The van der Waals surface area contributed by atoms with Crippen LogP contribution in [0.1, 0.15) is 17.0 Å². The zero-order valence-corrected chi connectivity index (χ0v) is 16.7. The van der Waals surface area contributed by atoms with E-state index in [1.54, 1.807) is 7.11 Å². The summed E-state index contributed by atoms with van der Waals surface area (Å²) in [7, 11) is 1.65. The predicted molar refractivity (Wildman–Crippen MR) is 113 cm³/mol. The molecule has 0 saturated heterocycles. The Morgan fingerprint density at radius 1 is 0.857 bits per heavy atom. The molecule has 0 amide bonds. The van der Waals surface area contributed by atoms with Gasteiger partial charge >= 0.3 is 0 Å². The van der Waals surface area contributed by atoms with Crippen molar-refractivity contribution in [2.45, 2.75) is 20.8 Å². The third kappa shape index (κ3) is 5.13. The van der Waals surface area contributed by atoms with E-state index in [-0.39, 0.29) is 0 Å². The molecule has 0 aliphatic rings. The summed E-state index contributed by atoms with van der Waals surface area (Å²) in [6.45, 7) is 7.20. The molecule has 0 spiro atoms. The van der Waals surface area contributed by atoms with Crippen molar-refractivity contribution in [3.8, 4) is 11.5 Å². The van der Waals surface area contributed by atoms with Gasteiger partial charge in [0, 0.05) is 11.8 Å². The van der Waals surface area contributed by atoms with Crippen LogP contribution in [0.3, 0.4) is 0 Å². The van der Waals surface area contributed by atoms with E-state index in [9.17, 15) is 0 Å². The highest BCUT2D eigenvalue weighted by Crippen LogP contribution is 2.24. The van der Waals surface area contributed by atoms with E-state index < -0.39 is 0 Å². The fourth-order valence-electron chi connectivity index (χ4n) is 2.88. The van der Waals surface area contributed by atoms with Crippen molar-refractivity contribution < 1.29 is 9.47 Å². The lowest BCUT2D eigenvalue weighted by molar-refractivity contribution is 0.331. The SMILES string of the molecule is COc1ccc(OCCNc2cc(Nc3c(C)cccc3C)nc(C)n2)cc1. The first-order chi connectivity index (χ1) is 13.5. The second kappa shape index (κ2) is 9.08. The van der Waals surface area contributed by atoms with Gasteiger partial charge in [0.05, 0.1) is 13.7 Å². The van der Waals surface area contributed by atoms with Crippen molar-refractivity contribution in [3.05, 3.63) is 65.5 Å². The molecule has 28 heavy (non-hydrogen) atoms. The number of nitrogens with one attached hydrogen (secondary N) is 2. The van der Waals surface area contributed by atoms with Crippen LogP contribution in [0, 0.1) is 20.8 Å². The van der Waals surface area contributed by atoms with Gasteiger partial charge in [-0.3, -0.25) is 0 Å². The van der Waals surface area contributed by atoms with Crippen molar-refractivity contribution >= 4 is 17.3 Å². The first-order valence-corrected chi connectivity index (χ1v) is 9.25. The Bertz CT molecular complexity index is 906. The Morgan fingerprint density at radius 3 is 2.18 bits per heavy atom. The molecule has 0 radical (unpaired) electrons. The van der Waals surface area contributed by atoms with Gasteiger partial charge < -0.3 is 20.1 Å². The summed E-state index contributed by atoms with van der Waals surface area (Å²) in [5, 5.41) is 6.71. The molecule has 146 valence electrons. The number of rotatable bonds is 8. The highest BCUT2D eigenvalue weighted by Gasteiger charge is 2.06. The Balaban J connectivity index is 1.58. The summed E-state index contributed by atoms with van der Waals surface area (Å²) in [5.41, 5.74) is 3.44. The molecule has 0 saturated carbocycles. The number of para-hydroxylation sites is 1. The zero-order chi connectivity index (χ0) is 19.9. The second-order valence-corrected chi connectivity index (χ2v) is 6.53. The Morgan fingerprint density at radius 2 is 1.50 bits per heavy atom. The number of aromatic nitrogens is 2. The van der Waals surface area contributed by atoms with Crippen LogP contribution < -0.4 is 20.1 Å². The van der Waals surface area contributed by atoms with Crippen molar-refractivity contribution in [2.75, 3.05) is 30.9 Å². The molecule has 6 heteroatoms. The predicted octanol–water partition coefficient (Wildman–Crippen LogP) is 4.64. The maximum absolute atomic E-state index is 5.74. The van der Waals surface area contributed by atoms with Crippen molar-refractivity contribution in [1.82, 2.24) is 9.97 Å². The van der Waals surface area contributed by atoms with Crippen LogP contribution in [0.25, 0.3) is 0 Å². The molecule has 0 fully saturated rings. The van der Waals surface area contributed by atoms with Crippen molar-refractivity contribution in [3.63, 3.8) is 0 Å². The first-order valence-electron chi connectivity index (χ1n) is 9.25. The smallest absolute Gasteiger partial charge is 0.136 e. The number of methoxy groups -OCH3 is 1. The standard InChI is InChI=1S/C22H26N4O2/c1-15-6-5-7-16(2)22(15)26-21-14-20(24-17(3)25-21)23-12-13-28-19-10-8-18(27-4)9-11-19/h5-11,14H,12-13H2,1-4H3,(H2,23,24,25,26). The average Bonchev–Trinajstić information content (AvgIpc) is 2.68. The van der Waals surface area contributed by atoms with Gasteiger partial charge in [-0.15, -0.1) is 0 Å². The monoisotopic (exact) mass is 378 g/mol. The summed E-state index contributed by atoms with van der Waals surface area (Å²) < 4.78 is 10.9. The van der Waals surface area contributed by atoms with Crippen LogP contribution in [0.2, 0.25) is 0 Å². The minimum atomic E-state index is 0.523. The van der Waals surface area contributed by atoms with Crippen LogP contribution in [-0.2, 0) is 0 Å². The zero-order valence-electron chi connectivity index (χ0n) is 16.7. The van der Waals surface area contributed by atoms with Crippen LogP contribution in [0.15, 0.2) is 48.5 Å². The minimum Gasteiger partial charge on any atom is -0.497 e. The lowest BCUT2D eigenvalue weighted by Crippen LogP contribution is -2.13. The maximum Gasteiger partial charge on any atom is 0.136 e. The molecular formula is C22H26N4O2. The molecular weight excluding hydrogens is 352 g/mol. The van der Waals surface area contributed by atoms with Gasteiger partial charge in [-0.05, 0) is 56.2 Å². The number of aryl methyl sites for hydroxylation is 3. The van der Waals surface area contributed by atoms with Gasteiger partial charge in [0.2, 0.25) is 0 Å². The molecule has 0 bridgehead atoms. The molecule has 6 nitrogen and oxygen atoms in total. The van der Waals surface area contributed by atoms with E-state index in [0.29, 0.717) is 19.0 Å². The van der Waals surface area contributed by atoms with Crippen molar-refractivity contribution in [2.24, 2.45) is 0 Å². The molecule has 0 atom stereocenters. The fraction of sp³-hybridized carbons (Fsp3) is 0.273. The lowest BCUT2D eigenvalue weighted by Gasteiger charge is -2.14. The number of ether oxygens (including phenoxy) is 2. The van der Waals surface area contributed by atoms with Crippen molar-refractivity contribution in [1.29, 1.82) is 0 Å². The number of anilines is 3. The Kier molecular flexibility index (Phi) is 6.32. The molecule has 1 heterocycles. The van der Waals surface area contributed by atoms with Gasteiger partial charge in [-0.2, -0.15) is 0 Å². The topological polar surface area (TPSA) is 68.3 Å². The number of hydrogen-bond acceptors (Lipinski definition) is 6. The normalized spacial score (nSPS) is 10.4. The Labute approximate surface area is 166 Å². The van der Waals surface area contributed by atoms with E-state index in [4.69, 9.17) is 9.47 Å². The van der Waals surface area contributed by atoms with E-state index in [2.05, 4.69) is 52.6 Å². The highest BCUT2D eigenvalue weighted by atomic mass is 16.5. The molecule has 2 aromatic carbocycles. The first kappa shape index (κ1) is 19.5. The lowest BCUT2D eigenvalue weighted by atomic mass is 10.1. The van der Waals surface area contributed by atoms with E-state index in [0.717, 1.165) is 28.8 Å². The summed E-state index contributed by atoms with van der Waals surface area (Å²) in [6.07, 6.45) is 0. The molecule has 0 aliphatic carbocycles. The second-order valence-electron chi connectivity index (χ2n) is 6.53. The molecule has 0 aliphatic heterocycles. The molecule has 1 aromatic heterocycles. The minimum absolute atomic E-state index is 0.523. The van der Waals surface area contributed by atoms with Gasteiger partial charge in [0.1, 0.15) is 35.6 Å². The van der Waals surface area contributed by atoms with Crippen LogP contribution in [-0.4, -0.2) is 30.2 Å².